The van der Waals surface area contributed by atoms with E-state index in [1.54, 1.807) is 39.0 Å². The number of nitrogens with zero attached hydrogens (tertiary/aromatic N) is 2. The lowest BCUT2D eigenvalue weighted by atomic mass is 10.0. The molecule has 4 rings (SSSR count). The average Bonchev–Trinajstić information content (AvgIpc) is 2.78. The third-order valence-corrected chi connectivity index (χ3v) is 7.23. The number of anilines is 3. The van der Waals surface area contributed by atoms with Gasteiger partial charge in [0.1, 0.15) is 5.02 Å². The van der Waals surface area contributed by atoms with Crippen molar-refractivity contribution in [2.45, 2.75) is 50.7 Å². The second-order valence-electron chi connectivity index (χ2n) is 9.28. The molecular weight excluding hydrogens is 507 g/mol. The molecule has 0 fully saturated rings. The van der Waals surface area contributed by atoms with Crippen LogP contribution in [0.1, 0.15) is 37.5 Å². The van der Waals surface area contributed by atoms with Crippen LogP contribution in [-0.4, -0.2) is 30.5 Å². The number of hydrogen-bond acceptors (Lipinski definition) is 7. The highest BCUT2D eigenvalue weighted by molar-refractivity contribution is 7.89. The maximum Gasteiger partial charge on any atom is 0.241 e. The van der Waals surface area contributed by atoms with E-state index in [1.807, 2.05) is 12.1 Å². The Hall–Kier alpha value is -2.43. The highest BCUT2D eigenvalue weighted by Gasteiger charge is 2.22. The van der Waals surface area contributed by atoms with Gasteiger partial charge in [-0.15, -0.1) is 12.4 Å². The van der Waals surface area contributed by atoms with Crippen LogP contribution in [0.15, 0.2) is 53.6 Å². The molecule has 0 saturated carbocycles. The monoisotopic (exact) mass is 536 g/mol. The van der Waals surface area contributed by atoms with Gasteiger partial charge in [0.15, 0.2) is 5.82 Å². The van der Waals surface area contributed by atoms with Crippen LogP contribution in [0.25, 0.3) is 0 Å². The molecule has 0 saturated heterocycles. The molecule has 0 atom stereocenters. The molecule has 0 radical (unpaired) electrons. The van der Waals surface area contributed by atoms with Crippen molar-refractivity contribution in [2.75, 3.05) is 17.2 Å². The third-order valence-electron chi connectivity index (χ3n) is 5.20. The Balaban J connectivity index is 0.00000342. The Labute approximate surface area is 217 Å². The zero-order chi connectivity index (χ0) is 24.3. The number of halogens is 2. The van der Waals surface area contributed by atoms with Crippen LogP contribution in [0, 0.1) is 0 Å². The number of nitrogens with one attached hydrogen (secondary N) is 4. The quantitative estimate of drug-likeness (QED) is 0.348. The zero-order valence-corrected chi connectivity index (χ0v) is 22.2. The maximum absolute atomic E-state index is 12.7. The Kier molecular flexibility index (Phi) is 8.61. The molecule has 2 aromatic carbocycles. The molecule has 2 heterocycles. The minimum absolute atomic E-state index is 0. The van der Waals surface area contributed by atoms with Crippen molar-refractivity contribution in [2.24, 2.45) is 0 Å². The minimum atomic E-state index is -3.62. The van der Waals surface area contributed by atoms with Crippen molar-refractivity contribution < 1.29 is 8.42 Å². The summed E-state index contributed by atoms with van der Waals surface area (Å²) in [5, 5.41) is 10.2. The largest absolute Gasteiger partial charge is 0.365 e. The molecule has 1 aliphatic rings. The lowest BCUT2D eigenvalue weighted by Crippen LogP contribution is -2.40. The van der Waals surface area contributed by atoms with Crippen molar-refractivity contribution in [3.8, 4) is 0 Å². The van der Waals surface area contributed by atoms with Crippen molar-refractivity contribution >= 4 is 51.5 Å². The first kappa shape index (κ1) is 27.2. The Morgan fingerprint density at radius 1 is 1.11 bits per heavy atom. The van der Waals surface area contributed by atoms with Crippen LogP contribution < -0.4 is 20.7 Å². The minimum Gasteiger partial charge on any atom is -0.365 e. The van der Waals surface area contributed by atoms with E-state index in [4.69, 9.17) is 11.6 Å². The van der Waals surface area contributed by atoms with Gasteiger partial charge in [0.05, 0.1) is 11.1 Å². The van der Waals surface area contributed by atoms with Gasteiger partial charge in [0.25, 0.3) is 0 Å². The second-order valence-corrected chi connectivity index (χ2v) is 11.4. The highest BCUT2D eigenvalue weighted by Crippen LogP contribution is 2.25. The number of benzene rings is 2. The molecule has 1 aliphatic heterocycles. The molecule has 11 heteroatoms. The lowest BCUT2D eigenvalue weighted by Gasteiger charge is -2.20. The predicted octanol–water partition coefficient (Wildman–Crippen LogP) is 4.63. The number of aromatic nitrogens is 2. The summed E-state index contributed by atoms with van der Waals surface area (Å²) < 4.78 is 28.0. The van der Waals surface area contributed by atoms with Crippen LogP contribution in [0.5, 0.6) is 0 Å². The first-order valence-corrected chi connectivity index (χ1v) is 12.9. The molecule has 0 unspecified atom stereocenters. The van der Waals surface area contributed by atoms with E-state index >= 15 is 0 Å². The summed E-state index contributed by atoms with van der Waals surface area (Å²) in [6.45, 7) is 7.62. The summed E-state index contributed by atoms with van der Waals surface area (Å²) in [4.78, 5) is 9.00. The molecule has 0 spiro atoms. The molecule has 188 valence electrons. The van der Waals surface area contributed by atoms with E-state index in [0.29, 0.717) is 23.3 Å². The molecule has 0 bridgehead atoms. The SMILES string of the molecule is CC(C)(C)NS(=O)(=O)c1cccc(CNc2nc(Nc3ccc4c(c3)CCNC4)ncc2Cl)c1.Cl. The number of sulfonamides is 1. The molecular formula is C24H30Cl2N6O2S. The van der Waals surface area contributed by atoms with Gasteiger partial charge in [-0.1, -0.05) is 29.8 Å². The smallest absolute Gasteiger partial charge is 0.241 e. The van der Waals surface area contributed by atoms with Gasteiger partial charge in [-0.2, -0.15) is 4.98 Å². The van der Waals surface area contributed by atoms with Gasteiger partial charge >= 0.3 is 0 Å². The Bertz CT molecular complexity index is 1300. The van der Waals surface area contributed by atoms with E-state index < -0.39 is 15.6 Å². The number of hydrogen-bond donors (Lipinski definition) is 4. The van der Waals surface area contributed by atoms with E-state index in [9.17, 15) is 8.42 Å². The van der Waals surface area contributed by atoms with Gasteiger partial charge in [0.2, 0.25) is 16.0 Å². The molecule has 0 amide bonds. The van der Waals surface area contributed by atoms with Crippen molar-refractivity contribution in [3.63, 3.8) is 0 Å². The molecule has 4 N–H and O–H groups in total. The summed E-state index contributed by atoms with van der Waals surface area (Å²) >= 11 is 6.31. The van der Waals surface area contributed by atoms with E-state index in [1.165, 1.54) is 17.3 Å². The van der Waals surface area contributed by atoms with Crippen molar-refractivity contribution in [1.29, 1.82) is 0 Å². The van der Waals surface area contributed by atoms with Crippen LogP contribution in [-0.2, 0) is 29.5 Å². The number of fused-ring (bicyclic) bond motifs is 1. The molecule has 1 aromatic heterocycles. The summed E-state index contributed by atoms with van der Waals surface area (Å²) in [7, 11) is -3.62. The normalized spacial score (nSPS) is 13.5. The van der Waals surface area contributed by atoms with Crippen LogP contribution >= 0.6 is 24.0 Å². The summed E-state index contributed by atoms with van der Waals surface area (Å²) in [6, 6.07) is 13.0. The Morgan fingerprint density at radius 3 is 2.69 bits per heavy atom. The maximum atomic E-state index is 12.7. The van der Waals surface area contributed by atoms with Crippen LogP contribution in [0.3, 0.4) is 0 Å². The second kappa shape index (κ2) is 11.1. The lowest BCUT2D eigenvalue weighted by molar-refractivity contribution is 0.491. The molecule has 3 aromatic rings. The van der Waals surface area contributed by atoms with E-state index in [2.05, 4.69) is 42.8 Å². The Morgan fingerprint density at radius 2 is 1.91 bits per heavy atom. The average molecular weight is 538 g/mol. The first-order valence-electron chi connectivity index (χ1n) is 11.1. The van der Waals surface area contributed by atoms with E-state index in [0.717, 1.165) is 30.8 Å². The van der Waals surface area contributed by atoms with Crippen LogP contribution in [0.2, 0.25) is 5.02 Å². The zero-order valence-electron chi connectivity index (χ0n) is 19.9. The van der Waals surface area contributed by atoms with Crippen LogP contribution in [0.4, 0.5) is 17.5 Å². The fourth-order valence-corrected chi connectivity index (χ4v) is 5.35. The molecule has 8 nitrogen and oxygen atoms in total. The topological polar surface area (TPSA) is 108 Å². The molecule has 0 aliphatic carbocycles. The van der Waals surface area contributed by atoms with Gasteiger partial charge in [0, 0.05) is 24.3 Å². The van der Waals surface area contributed by atoms with Crippen molar-refractivity contribution in [3.05, 3.63) is 70.4 Å². The van der Waals surface area contributed by atoms with Gasteiger partial charge in [-0.25, -0.2) is 18.1 Å². The fourth-order valence-electron chi connectivity index (χ4n) is 3.71. The van der Waals surface area contributed by atoms with Gasteiger partial charge in [-0.3, -0.25) is 0 Å². The third kappa shape index (κ3) is 7.28. The molecule has 35 heavy (non-hydrogen) atoms. The summed E-state index contributed by atoms with van der Waals surface area (Å²) in [5.74, 6) is 0.883. The van der Waals surface area contributed by atoms with E-state index in [-0.39, 0.29) is 17.3 Å². The van der Waals surface area contributed by atoms with Gasteiger partial charge in [-0.05, 0) is 74.7 Å². The fraction of sp³-hybridized carbons (Fsp3) is 0.333. The summed E-state index contributed by atoms with van der Waals surface area (Å²) in [6.07, 6.45) is 2.52. The predicted molar refractivity (Wildman–Crippen MR) is 143 cm³/mol. The standard InChI is InChI=1S/C24H29ClN6O2S.ClH/c1-24(2,3)31-34(32,33)20-6-4-5-16(11-20)13-27-22-21(25)15-28-23(30-22)29-19-8-7-18-14-26-10-9-17(18)12-19;/h4-8,11-12,15,26,31H,9-10,13-14H2,1-3H3,(H2,27,28,29,30);1H. The number of rotatable bonds is 7. The van der Waals surface area contributed by atoms with Gasteiger partial charge < -0.3 is 16.0 Å². The summed E-state index contributed by atoms with van der Waals surface area (Å²) in [5.41, 5.74) is 3.74. The van der Waals surface area contributed by atoms with Crippen molar-refractivity contribution in [1.82, 2.24) is 20.0 Å². The first-order chi connectivity index (χ1) is 16.1. The highest BCUT2D eigenvalue weighted by atomic mass is 35.5.